The Bertz CT molecular complexity index is 793. The molecule has 0 saturated carbocycles. The molecule has 0 aliphatic carbocycles. The zero-order chi connectivity index (χ0) is 17.7. The Balaban J connectivity index is 2.00. The van der Waals surface area contributed by atoms with Crippen molar-refractivity contribution in [1.82, 2.24) is 0 Å². The molecule has 1 N–H and O–H groups in total. The smallest absolute Gasteiger partial charge is 0.345 e. The van der Waals surface area contributed by atoms with Crippen molar-refractivity contribution in [2.24, 2.45) is 0 Å². The highest BCUT2D eigenvalue weighted by atomic mass is 35.5. The number of hydrogen-bond donors (Lipinski definition) is 1. The molecule has 7 nitrogen and oxygen atoms in total. The topological polar surface area (TPSA) is 98.5 Å². The van der Waals surface area contributed by atoms with Crippen LogP contribution in [0.25, 0.3) is 0 Å². The molecule has 0 atom stereocenters. The van der Waals surface area contributed by atoms with Crippen LogP contribution >= 0.6 is 23.2 Å². The minimum Gasteiger partial charge on any atom is -0.452 e. The van der Waals surface area contributed by atoms with E-state index in [-0.39, 0.29) is 10.6 Å². The summed E-state index contributed by atoms with van der Waals surface area (Å²) in [5, 5.41) is 14.0. The highest BCUT2D eigenvalue weighted by Crippen LogP contribution is 2.23. The molecular formula is C15H10Cl2N2O5. The second-order valence-corrected chi connectivity index (χ2v) is 5.42. The van der Waals surface area contributed by atoms with Crippen molar-refractivity contribution in [2.45, 2.75) is 0 Å². The number of hydrogen-bond acceptors (Lipinski definition) is 5. The third kappa shape index (κ3) is 4.68. The van der Waals surface area contributed by atoms with E-state index in [0.717, 1.165) is 12.1 Å². The van der Waals surface area contributed by atoms with Gasteiger partial charge in [0.1, 0.15) is 5.56 Å². The van der Waals surface area contributed by atoms with E-state index in [4.69, 9.17) is 27.9 Å². The van der Waals surface area contributed by atoms with Gasteiger partial charge in [-0.05, 0) is 36.4 Å². The second kappa shape index (κ2) is 7.76. The van der Waals surface area contributed by atoms with Crippen molar-refractivity contribution in [2.75, 3.05) is 11.9 Å². The number of nitrogens with zero attached hydrogens (tertiary/aromatic N) is 1. The summed E-state index contributed by atoms with van der Waals surface area (Å²) in [5.41, 5.74) is -0.316. The molecule has 9 heteroatoms. The normalized spacial score (nSPS) is 10.1. The number of carbonyl (C=O) groups is 2. The Morgan fingerprint density at radius 1 is 1.08 bits per heavy atom. The third-order valence-corrected chi connectivity index (χ3v) is 3.32. The van der Waals surface area contributed by atoms with Gasteiger partial charge in [-0.3, -0.25) is 14.9 Å². The molecule has 0 radical (unpaired) electrons. The first-order valence-corrected chi connectivity index (χ1v) is 7.29. The average Bonchev–Trinajstić information content (AvgIpc) is 2.54. The highest BCUT2D eigenvalue weighted by Gasteiger charge is 2.22. The predicted molar refractivity (Wildman–Crippen MR) is 88.5 cm³/mol. The summed E-state index contributed by atoms with van der Waals surface area (Å²) in [7, 11) is 0. The van der Waals surface area contributed by atoms with Gasteiger partial charge in [0.15, 0.2) is 6.61 Å². The molecular weight excluding hydrogens is 359 g/mol. The summed E-state index contributed by atoms with van der Waals surface area (Å²) >= 11 is 11.5. The van der Waals surface area contributed by atoms with Crippen molar-refractivity contribution in [1.29, 1.82) is 0 Å². The van der Waals surface area contributed by atoms with Crippen molar-refractivity contribution >= 4 is 46.5 Å². The number of halogens is 2. The predicted octanol–water partition coefficient (Wildman–Crippen LogP) is 3.70. The van der Waals surface area contributed by atoms with Crippen LogP contribution in [0, 0.1) is 10.1 Å². The molecule has 24 heavy (non-hydrogen) atoms. The fourth-order valence-corrected chi connectivity index (χ4v) is 2.07. The van der Waals surface area contributed by atoms with Gasteiger partial charge in [0.05, 0.1) is 4.92 Å². The number of benzene rings is 2. The molecule has 2 aromatic rings. The minimum atomic E-state index is -1.02. The molecule has 0 fully saturated rings. The number of ether oxygens (including phenoxy) is 1. The summed E-state index contributed by atoms with van der Waals surface area (Å²) < 4.78 is 4.79. The van der Waals surface area contributed by atoms with Crippen LogP contribution in [0.5, 0.6) is 0 Å². The van der Waals surface area contributed by atoms with Gasteiger partial charge < -0.3 is 10.1 Å². The molecule has 0 aromatic heterocycles. The lowest BCUT2D eigenvalue weighted by Gasteiger charge is -2.07. The first-order valence-electron chi connectivity index (χ1n) is 6.53. The van der Waals surface area contributed by atoms with Crippen LogP contribution in [0.15, 0.2) is 42.5 Å². The van der Waals surface area contributed by atoms with E-state index in [1.807, 2.05) is 0 Å². The van der Waals surface area contributed by atoms with E-state index in [1.54, 1.807) is 24.3 Å². The lowest BCUT2D eigenvalue weighted by molar-refractivity contribution is -0.385. The van der Waals surface area contributed by atoms with Crippen LogP contribution in [0.3, 0.4) is 0 Å². The molecule has 0 unspecified atom stereocenters. The number of esters is 1. The largest absolute Gasteiger partial charge is 0.452 e. The van der Waals surface area contributed by atoms with Gasteiger partial charge >= 0.3 is 5.97 Å². The van der Waals surface area contributed by atoms with Gasteiger partial charge in [0.2, 0.25) is 0 Å². The van der Waals surface area contributed by atoms with Gasteiger partial charge in [-0.25, -0.2) is 4.79 Å². The van der Waals surface area contributed by atoms with Crippen molar-refractivity contribution < 1.29 is 19.2 Å². The van der Waals surface area contributed by atoms with Crippen LogP contribution in [0.1, 0.15) is 10.4 Å². The van der Waals surface area contributed by atoms with E-state index in [9.17, 15) is 19.7 Å². The molecule has 0 bridgehead atoms. The third-order valence-electron chi connectivity index (χ3n) is 2.84. The maximum atomic E-state index is 11.9. The fraction of sp³-hybridized carbons (Fsp3) is 0.0667. The summed E-state index contributed by atoms with van der Waals surface area (Å²) in [6.45, 7) is -0.606. The summed E-state index contributed by atoms with van der Waals surface area (Å²) in [5.74, 6) is -1.62. The zero-order valence-corrected chi connectivity index (χ0v) is 13.5. The Hall–Kier alpha value is -2.64. The van der Waals surface area contributed by atoms with Gasteiger partial charge in [0.25, 0.3) is 11.6 Å². The SMILES string of the molecule is O=C(COC(=O)c1cc(Cl)ccc1[N+](=O)[O-])Nc1ccc(Cl)cc1. The summed E-state index contributed by atoms with van der Waals surface area (Å²) in [4.78, 5) is 33.9. The van der Waals surface area contributed by atoms with Crippen LogP contribution in [0.2, 0.25) is 10.0 Å². The number of nitro groups is 1. The maximum Gasteiger partial charge on any atom is 0.345 e. The molecule has 2 aromatic carbocycles. The number of nitrogens with one attached hydrogen (secondary N) is 1. The van der Waals surface area contributed by atoms with E-state index >= 15 is 0 Å². The van der Waals surface area contributed by atoms with Crippen molar-refractivity contribution in [3.05, 3.63) is 68.2 Å². The zero-order valence-electron chi connectivity index (χ0n) is 12.0. The van der Waals surface area contributed by atoms with Crippen LogP contribution in [0.4, 0.5) is 11.4 Å². The summed E-state index contributed by atoms with van der Waals surface area (Å²) in [6.07, 6.45) is 0. The standard InChI is InChI=1S/C15H10Cl2N2O5/c16-9-1-4-11(5-2-9)18-14(20)8-24-15(21)12-7-10(17)3-6-13(12)19(22)23/h1-7H,8H2,(H,18,20). The lowest BCUT2D eigenvalue weighted by atomic mass is 10.2. The van der Waals surface area contributed by atoms with Gasteiger partial charge in [-0.15, -0.1) is 0 Å². The minimum absolute atomic E-state index is 0.137. The second-order valence-electron chi connectivity index (χ2n) is 4.55. The summed E-state index contributed by atoms with van der Waals surface area (Å²) in [6, 6.07) is 9.79. The van der Waals surface area contributed by atoms with Crippen molar-refractivity contribution in [3.8, 4) is 0 Å². The molecule has 0 heterocycles. The van der Waals surface area contributed by atoms with Crippen LogP contribution in [-0.4, -0.2) is 23.4 Å². The van der Waals surface area contributed by atoms with E-state index in [0.29, 0.717) is 10.7 Å². The number of amides is 1. The average molecular weight is 369 g/mol. The molecule has 2 rings (SSSR count). The fourth-order valence-electron chi connectivity index (χ4n) is 1.77. The number of carbonyl (C=O) groups excluding carboxylic acids is 2. The quantitative estimate of drug-likeness (QED) is 0.492. The number of rotatable bonds is 5. The van der Waals surface area contributed by atoms with Crippen LogP contribution < -0.4 is 5.32 Å². The van der Waals surface area contributed by atoms with Gasteiger partial charge in [-0.1, -0.05) is 23.2 Å². The van der Waals surface area contributed by atoms with Gasteiger partial charge in [-0.2, -0.15) is 0 Å². The van der Waals surface area contributed by atoms with Gasteiger partial charge in [0, 0.05) is 21.8 Å². The molecule has 1 amide bonds. The Morgan fingerprint density at radius 3 is 2.33 bits per heavy atom. The van der Waals surface area contributed by atoms with E-state index < -0.39 is 29.1 Å². The van der Waals surface area contributed by atoms with E-state index in [2.05, 4.69) is 5.32 Å². The molecule has 0 saturated heterocycles. The van der Waals surface area contributed by atoms with E-state index in [1.165, 1.54) is 6.07 Å². The lowest BCUT2D eigenvalue weighted by Crippen LogP contribution is -2.21. The Labute approximate surface area is 146 Å². The molecule has 0 spiro atoms. The monoisotopic (exact) mass is 368 g/mol. The Kier molecular flexibility index (Phi) is 5.73. The number of anilines is 1. The number of nitro benzene ring substituents is 1. The maximum absolute atomic E-state index is 11.9. The Morgan fingerprint density at radius 2 is 1.71 bits per heavy atom. The van der Waals surface area contributed by atoms with Crippen LogP contribution in [-0.2, 0) is 9.53 Å². The van der Waals surface area contributed by atoms with Crippen molar-refractivity contribution in [3.63, 3.8) is 0 Å². The molecule has 0 aliphatic heterocycles. The first-order chi connectivity index (χ1) is 11.4. The first kappa shape index (κ1) is 17.7. The molecule has 124 valence electrons. The molecule has 0 aliphatic rings. The highest BCUT2D eigenvalue weighted by molar-refractivity contribution is 6.31.